The summed E-state index contributed by atoms with van der Waals surface area (Å²) in [6, 6.07) is 2.03. The van der Waals surface area contributed by atoms with E-state index in [9.17, 15) is 0 Å². The molecule has 0 bridgehead atoms. The average Bonchev–Trinajstić information content (AvgIpc) is 2.29. The Hall–Kier alpha value is -0.600. The first-order valence-corrected chi connectivity index (χ1v) is 7.12. The predicted molar refractivity (Wildman–Crippen MR) is 79.1 cm³/mol. The third kappa shape index (κ3) is 4.95. The first kappa shape index (κ1) is 15.5. The maximum absolute atomic E-state index is 6.20. The van der Waals surface area contributed by atoms with Gasteiger partial charge in [-0.25, -0.2) is 0 Å². The van der Waals surface area contributed by atoms with Crippen molar-refractivity contribution in [3.63, 3.8) is 0 Å². The van der Waals surface area contributed by atoms with E-state index < -0.39 is 0 Å². The van der Waals surface area contributed by atoms with E-state index in [1.165, 1.54) is 12.0 Å². The number of hydrogen-bond acceptors (Lipinski definition) is 2. The SMILES string of the molecule is CCCNCC(Cc1ccncc1Cl)C(C)(C)C. The lowest BCUT2D eigenvalue weighted by Gasteiger charge is -2.31. The average molecular weight is 269 g/mol. The Morgan fingerprint density at radius 1 is 1.39 bits per heavy atom. The van der Waals surface area contributed by atoms with Crippen molar-refractivity contribution in [1.82, 2.24) is 10.3 Å². The molecule has 0 fully saturated rings. The van der Waals surface area contributed by atoms with Gasteiger partial charge in [0.2, 0.25) is 0 Å². The van der Waals surface area contributed by atoms with Gasteiger partial charge in [-0.2, -0.15) is 0 Å². The van der Waals surface area contributed by atoms with Crippen LogP contribution in [0.4, 0.5) is 0 Å². The molecule has 102 valence electrons. The molecule has 1 atom stereocenters. The summed E-state index contributed by atoms with van der Waals surface area (Å²) in [5, 5.41) is 4.30. The molecule has 1 rings (SSSR count). The summed E-state index contributed by atoms with van der Waals surface area (Å²) in [7, 11) is 0. The molecule has 0 aliphatic rings. The van der Waals surface area contributed by atoms with Gasteiger partial charge in [-0.1, -0.05) is 39.3 Å². The fourth-order valence-corrected chi connectivity index (χ4v) is 2.17. The van der Waals surface area contributed by atoms with Gasteiger partial charge in [0.05, 0.1) is 5.02 Å². The van der Waals surface area contributed by atoms with E-state index in [-0.39, 0.29) is 5.41 Å². The van der Waals surface area contributed by atoms with Crippen molar-refractivity contribution in [3.8, 4) is 0 Å². The molecule has 1 heterocycles. The Morgan fingerprint density at radius 2 is 2.11 bits per heavy atom. The Kier molecular flexibility index (Phi) is 6.10. The second kappa shape index (κ2) is 7.10. The molecule has 3 heteroatoms. The van der Waals surface area contributed by atoms with Gasteiger partial charge in [-0.15, -0.1) is 0 Å². The largest absolute Gasteiger partial charge is 0.316 e. The molecule has 0 radical (unpaired) electrons. The summed E-state index contributed by atoms with van der Waals surface area (Å²) >= 11 is 6.20. The highest BCUT2D eigenvalue weighted by molar-refractivity contribution is 6.31. The Morgan fingerprint density at radius 3 is 2.67 bits per heavy atom. The van der Waals surface area contributed by atoms with Crippen LogP contribution in [0.3, 0.4) is 0 Å². The van der Waals surface area contributed by atoms with Crippen LogP contribution in [0.15, 0.2) is 18.5 Å². The molecule has 0 aromatic carbocycles. The molecular weight excluding hydrogens is 244 g/mol. The molecule has 0 saturated heterocycles. The van der Waals surface area contributed by atoms with Crippen LogP contribution in [0.5, 0.6) is 0 Å². The van der Waals surface area contributed by atoms with Gasteiger partial charge in [0.1, 0.15) is 0 Å². The van der Waals surface area contributed by atoms with Crippen LogP contribution in [0.2, 0.25) is 5.02 Å². The minimum Gasteiger partial charge on any atom is -0.316 e. The summed E-state index contributed by atoms with van der Waals surface area (Å²) in [5.74, 6) is 0.573. The maximum atomic E-state index is 6.20. The molecule has 0 spiro atoms. The number of rotatable bonds is 6. The normalized spacial score (nSPS) is 13.6. The lowest BCUT2D eigenvalue weighted by molar-refractivity contribution is 0.231. The predicted octanol–water partition coefficient (Wildman–Crippen LogP) is 3.94. The lowest BCUT2D eigenvalue weighted by atomic mass is 9.77. The fourth-order valence-electron chi connectivity index (χ4n) is 1.97. The van der Waals surface area contributed by atoms with Crippen LogP contribution in [-0.2, 0) is 6.42 Å². The zero-order valence-corrected chi connectivity index (χ0v) is 12.7. The zero-order valence-electron chi connectivity index (χ0n) is 12.0. The molecule has 0 aliphatic heterocycles. The van der Waals surface area contributed by atoms with E-state index in [0.717, 1.165) is 24.5 Å². The van der Waals surface area contributed by atoms with Crippen LogP contribution in [0.1, 0.15) is 39.7 Å². The van der Waals surface area contributed by atoms with Crippen molar-refractivity contribution in [3.05, 3.63) is 29.0 Å². The van der Waals surface area contributed by atoms with Crippen molar-refractivity contribution in [2.45, 2.75) is 40.5 Å². The smallest absolute Gasteiger partial charge is 0.0621 e. The molecule has 1 unspecified atom stereocenters. The number of hydrogen-bond donors (Lipinski definition) is 1. The maximum Gasteiger partial charge on any atom is 0.0621 e. The second-order valence-electron chi connectivity index (χ2n) is 5.94. The van der Waals surface area contributed by atoms with Gasteiger partial charge in [0.15, 0.2) is 0 Å². The highest BCUT2D eigenvalue weighted by Crippen LogP contribution is 2.30. The Labute approximate surface area is 116 Å². The van der Waals surface area contributed by atoms with E-state index in [4.69, 9.17) is 11.6 Å². The van der Waals surface area contributed by atoms with Crippen molar-refractivity contribution in [2.75, 3.05) is 13.1 Å². The number of nitrogens with zero attached hydrogens (tertiary/aromatic N) is 1. The number of nitrogens with one attached hydrogen (secondary N) is 1. The van der Waals surface area contributed by atoms with E-state index in [0.29, 0.717) is 5.92 Å². The molecule has 1 aromatic rings. The first-order valence-electron chi connectivity index (χ1n) is 6.74. The summed E-state index contributed by atoms with van der Waals surface area (Å²) in [5.41, 5.74) is 1.47. The van der Waals surface area contributed by atoms with Gasteiger partial charge >= 0.3 is 0 Å². The zero-order chi connectivity index (χ0) is 13.6. The van der Waals surface area contributed by atoms with Gasteiger partial charge in [-0.05, 0) is 48.9 Å². The third-order valence-electron chi connectivity index (χ3n) is 3.37. The highest BCUT2D eigenvalue weighted by atomic mass is 35.5. The van der Waals surface area contributed by atoms with Crippen molar-refractivity contribution in [2.24, 2.45) is 11.3 Å². The van der Waals surface area contributed by atoms with Gasteiger partial charge in [0.25, 0.3) is 0 Å². The molecule has 1 N–H and O–H groups in total. The molecule has 2 nitrogen and oxygen atoms in total. The van der Waals surface area contributed by atoms with Crippen molar-refractivity contribution < 1.29 is 0 Å². The summed E-state index contributed by atoms with van der Waals surface area (Å²) in [4.78, 5) is 4.04. The molecule has 0 saturated carbocycles. The summed E-state index contributed by atoms with van der Waals surface area (Å²) in [6.07, 6.45) is 5.73. The minimum absolute atomic E-state index is 0.271. The van der Waals surface area contributed by atoms with Gasteiger partial charge in [-0.3, -0.25) is 4.98 Å². The van der Waals surface area contributed by atoms with Crippen molar-refractivity contribution in [1.29, 1.82) is 0 Å². The third-order valence-corrected chi connectivity index (χ3v) is 3.71. The molecule has 0 aliphatic carbocycles. The van der Waals surface area contributed by atoms with Gasteiger partial charge < -0.3 is 5.32 Å². The molecule has 0 amide bonds. The lowest BCUT2D eigenvalue weighted by Crippen LogP contribution is -2.33. The number of pyridine rings is 1. The molecule has 1 aromatic heterocycles. The first-order chi connectivity index (χ1) is 8.45. The van der Waals surface area contributed by atoms with Crippen molar-refractivity contribution >= 4 is 11.6 Å². The summed E-state index contributed by atoms with van der Waals surface area (Å²) in [6.45, 7) is 11.2. The number of halogens is 1. The monoisotopic (exact) mass is 268 g/mol. The highest BCUT2D eigenvalue weighted by Gasteiger charge is 2.25. The topological polar surface area (TPSA) is 24.9 Å². The van der Waals surface area contributed by atoms with Gasteiger partial charge in [0, 0.05) is 12.4 Å². The quantitative estimate of drug-likeness (QED) is 0.791. The fraction of sp³-hybridized carbons (Fsp3) is 0.667. The standard InChI is InChI=1S/C15H25ClN2/c1-5-7-17-10-13(15(2,3)4)9-12-6-8-18-11-14(12)16/h6,8,11,13,17H,5,7,9-10H2,1-4H3. The minimum atomic E-state index is 0.271. The van der Waals surface area contributed by atoms with E-state index in [1.807, 2.05) is 12.3 Å². The van der Waals surface area contributed by atoms with E-state index in [1.54, 1.807) is 6.20 Å². The van der Waals surface area contributed by atoms with Crippen LogP contribution in [-0.4, -0.2) is 18.1 Å². The van der Waals surface area contributed by atoms with Crippen LogP contribution in [0.25, 0.3) is 0 Å². The van der Waals surface area contributed by atoms with Crippen LogP contribution >= 0.6 is 11.6 Å². The number of aromatic nitrogens is 1. The summed E-state index contributed by atoms with van der Waals surface area (Å²) < 4.78 is 0. The second-order valence-corrected chi connectivity index (χ2v) is 6.35. The van der Waals surface area contributed by atoms with Crippen LogP contribution < -0.4 is 5.32 Å². The van der Waals surface area contributed by atoms with Crippen LogP contribution in [0, 0.1) is 11.3 Å². The molecular formula is C15H25ClN2. The Bertz CT molecular complexity index is 358. The van der Waals surface area contributed by atoms with E-state index in [2.05, 4.69) is 38.0 Å². The molecule has 18 heavy (non-hydrogen) atoms. The Balaban J connectivity index is 2.70. The van der Waals surface area contributed by atoms with E-state index >= 15 is 0 Å².